The van der Waals surface area contributed by atoms with E-state index in [1.54, 1.807) is 24.5 Å². The average molecular weight is 266 g/mol. The van der Waals surface area contributed by atoms with Crippen molar-refractivity contribution in [2.45, 2.75) is 19.0 Å². The number of anilines is 1. The van der Waals surface area contributed by atoms with Crippen molar-refractivity contribution in [2.75, 3.05) is 5.73 Å². The van der Waals surface area contributed by atoms with Gasteiger partial charge in [0.2, 0.25) is 0 Å². The highest BCUT2D eigenvalue weighted by molar-refractivity contribution is 5.44. The Morgan fingerprint density at radius 2 is 1.89 bits per heavy atom. The number of aromatic nitrogens is 1. The van der Waals surface area contributed by atoms with Gasteiger partial charge in [0.25, 0.3) is 0 Å². The monoisotopic (exact) mass is 266 g/mol. The van der Waals surface area contributed by atoms with Crippen LogP contribution in [0.3, 0.4) is 0 Å². The molecule has 5 heteroatoms. The van der Waals surface area contributed by atoms with Crippen LogP contribution >= 0.6 is 0 Å². The molecule has 1 aromatic heterocycles. The maximum Gasteiger partial charge on any atom is 0.416 e. The fourth-order valence-electron chi connectivity index (χ4n) is 1.83. The lowest BCUT2D eigenvalue weighted by atomic mass is 10.0. The molecule has 0 spiro atoms. The topological polar surface area (TPSA) is 38.9 Å². The first-order valence-corrected chi connectivity index (χ1v) is 5.81. The molecular formula is C14H13F3N2. The molecule has 2 rings (SSSR count). The molecule has 0 aliphatic rings. The normalized spacial score (nSPS) is 11.5. The van der Waals surface area contributed by atoms with Crippen molar-refractivity contribution in [1.82, 2.24) is 4.98 Å². The van der Waals surface area contributed by atoms with Gasteiger partial charge in [-0.15, -0.1) is 0 Å². The summed E-state index contributed by atoms with van der Waals surface area (Å²) in [6.45, 7) is 0. The SMILES string of the molecule is Nc1ccncc1CCc1cccc(C(F)(F)F)c1. The quantitative estimate of drug-likeness (QED) is 0.923. The molecule has 0 unspecified atom stereocenters. The highest BCUT2D eigenvalue weighted by Gasteiger charge is 2.30. The second kappa shape index (κ2) is 5.30. The van der Waals surface area contributed by atoms with Gasteiger partial charge >= 0.3 is 6.18 Å². The van der Waals surface area contributed by atoms with Gasteiger partial charge in [-0.2, -0.15) is 13.2 Å². The van der Waals surface area contributed by atoms with Crippen LogP contribution in [-0.2, 0) is 19.0 Å². The molecule has 2 aromatic rings. The van der Waals surface area contributed by atoms with Gasteiger partial charge in [-0.3, -0.25) is 4.98 Å². The average Bonchev–Trinajstić information content (AvgIpc) is 2.37. The Bertz CT molecular complexity index is 565. The van der Waals surface area contributed by atoms with Crippen LogP contribution in [0.2, 0.25) is 0 Å². The molecule has 1 aromatic carbocycles. The molecular weight excluding hydrogens is 253 g/mol. The van der Waals surface area contributed by atoms with Gasteiger partial charge in [0.15, 0.2) is 0 Å². The van der Waals surface area contributed by atoms with Crippen LogP contribution in [-0.4, -0.2) is 4.98 Å². The second-order valence-corrected chi connectivity index (χ2v) is 4.27. The zero-order valence-corrected chi connectivity index (χ0v) is 10.1. The van der Waals surface area contributed by atoms with Gasteiger partial charge in [0, 0.05) is 18.1 Å². The number of nitrogen functional groups attached to an aromatic ring is 1. The molecule has 0 atom stereocenters. The molecule has 0 saturated heterocycles. The summed E-state index contributed by atoms with van der Waals surface area (Å²) < 4.78 is 37.7. The fourth-order valence-corrected chi connectivity index (χ4v) is 1.83. The minimum atomic E-state index is -4.30. The Morgan fingerprint density at radius 3 is 2.58 bits per heavy atom. The number of halogens is 3. The van der Waals surface area contributed by atoms with E-state index in [0.29, 0.717) is 24.1 Å². The highest BCUT2D eigenvalue weighted by Crippen LogP contribution is 2.29. The van der Waals surface area contributed by atoms with Gasteiger partial charge in [0.1, 0.15) is 0 Å². The third kappa shape index (κ3) is 3.47. The predicted molar refractivity (Wildman–Crippen MR) is 67.5 cm³/mol. The largest absolute Gasteiger partial charge is 0.416 e. The molecule has 0 radical (unpaired) electrons. The first kappa shape index (κ1) is 13.4. The Kier molecular flexibility index (Phi) is 3.74. The number of hydrogen-bond acceptors (Lipinski definition) is 2. The van der Waals surface area contributed by atoms with Crippen molar-refractivity contribution >= 4 is 5.69 Å². The third-order valence-corrected chi connectivity index (χ3v) is 2.88. The van der Waals surface area contributed by atoms with Gasteiger partial charge in [-0.05, 0) is 36.1 Å². The van der Waals surface area contributed by atoms with Crippen LogP contribution in [0.4, 0.5) is 18.9 Å². The summed E-state index contributed by atoms with van der Waals surface area (Å²) in [5, 5.41) is 0. The van der Waals surface area contributed by atoms with Gasteiger partial charge in [0.05, 0.1) is 5.56 Å². The Balaban J connectivity index is 2.10. The molecule has 19 heavy (non-hydrogen) atoms. The first-order valence-electron chi connectivity index (χ1n) is 5.81. The third-order valence-electron chi connectivity index (χ3n) is 2.88. The van der Waals surface area contributed by atoms with Gasteiger partial charge in [-0.1, -0.05) is 18.2 Å². The highest BCUT2D eigenvalue weighted by atomic mass is 19.4. The van der Waals surface area contributed by atoms with E-state index in [1.165, 1.54) is 12.1 Å². The van der Waals surface area contributed by atoms with Crippen LogP contribution < -0.4 is 5.73 Å². The van der Waals surface area contributed by atoms with Gasteiger partial charge in [-0.25, -0.2) is 0 Å². The Morgan fingerprint density at radius 1 is 1.11 bits per heavy atom. The number of nitrogens with two attached hydrogens (primary N) is 1. The summed E-state index contributed by atoms with van der Waals surface area (Å²) in [5.41, 5.74) is 7.24. The zero-order valence-electron chi connectivity index (χ0n) is 10.1. The molecule has 2 N–H and O–H groups in total. The van der Waals surface area contributed by atoms with Crippen LogP contribution in [0.5, 0.6) is 0 Å². The number of aryl methyl sites for hydroxylation is 2. The Labute approximate surface area is 109 Å². The van der Waals surface area contributed by atoms with Crippen LogP contribution in [0.25, 0.3) is 0 Å². The summed E-state index contributed by atoms with van der Waals surface area (Å²) in [4.78, 5) is 3.95. The van der Waals surface area contributed by atoms with E-state index in [2.05, 4.69) is 4.98 Å². The van der Waals surface area contributed by atoms with E-state index >= 15 is 0 Å². The Hall–Kier alpha value is -2.04. The van der Waals surface area contributed by atoms with E-state index in [-0.39, 0.29) is 0 Å². The van der Waals surface area contributed by atoms with Crippen LogP contribution in [0.1, 0.15) is 16.7 Å². The first-order chi connectivity index (χ1) is 8.97. The lowest BCUT2D eigenvalue weighted by Gasteiger charge is -2.09. The number of benzene rings is 1. The molecule has 0 aliphatic heterocycles. The maximum absolute atomic E-state index is 12.6. The van der Waals surface area contributed by atoms with Crippen molar-refractivity contribution < 1.29 is 13.2 Å². The molecule has 0 fully saturated rings. The summed E-state index contributed by atoms with van der Waals surface area (Å²) in [6.07, 6.45) is -0.00378. The minimum absolute atomic E-state index is 0.500. The predicted octanol–water partition coefficient (Wildman–Crippen LogP) is 3.47. The van der Waals surface area contributed by atoms with E-state index in [1.807, 2.05) is 0 Å². The fraction of sp³-hybridized carbons (Fsp3) is 0.214. The molecule has 1 heterocycles. The number of hydrogen-bond donors (Lipinski definition) is 1. The zero-order chi connectivity index (χ0) is 13.9. The van der Waals surface area contributed by atoms with Crippen LogP contribution in [0, 0.1) is 0 Å². The van der Waals surface area contributed by atoms with Crippen molar-refractivity contribution in [3.63, 3.8) is 0 Å². The lowest BCUT2D eigenvalue weighted by Crippen LogP contribution is -2.05. The maximum atomic E-state index is 12.6. The van der Waals surface area contributed by atoms with E-state index in [4.69, 9.17) is 5.73 Å². The standard InChI is InChI=1S/C14H13F3N2/c15-14(16,17)12-3-1-2-10(8-12)4-5-11-9-19-7-6-13(11)18/h1-3,6-9H,4-5H2,(H2,18,19). The number of alkyl halides is 3. The smallest absolute Gasteiger partial charge is 0.398 e. The van der Waals surface area contributed by atoms with E-state index in [9.17, 15) is 13.2 Å². The minimum Gasteiger partial charge on any atom is -0.398 e. The summed E-state index contributed by atoms with van der Waals surface area (Å²) in [5.74, 6) is 0. The lowest BCUT2D eigenvalue weighted by molar-refractivity contribution is -0.137. The molecule has 0 amide bonds. The number of rotatable bonds is 3. The number of pyridine rings is 1. The second-order valence-electron chi connectivity index (χ2n) is 4.27. The summed E-state index contributed by atoms with van der Waals surface area (Å²) >= 11 is 0. The van der Waals surface area contributed by atoms with Crippen LogP contribution in [0.15, 0.2) is 42.7 Å². The molecule has 0 saturated carbocycles. The number of nitrogens with zero attached hydrogens (tertiary/aromatic N) is 1. The van der Waals surface area contributed by atoms with Crippen molar-refractivity contribution in [1.29, 1.82) is 0 Å². The summed E-state index contributed by atoms with van der Waals surface area (Å²) in [6, 6.07) is 7.03. The van der Waals surface area contributed by atoms with Crippen molar-refractivity contribution in [3.8, 4) is 0 Å². The molecule has 0 bridgehead atoms. The van der Waals surface area contributed by atoms with Gasteiger partial charge < -0.3 is 5.73 Å². The molecule has 2 nitrogen and oxygen atoms in total. The van der Waals surface area contributed by atoms with E-state index < -0.39 is 11.7 Å². The molecule has 100 valence electrons. The van der Waals surface area contributed by atoms with Crippen molar-refractivity contribution in [2.24, 2.45) is 0 Å². The molecule has 0 aliphatic carbocycles. The van der Waals surface area contributed by atoms with E-state index in [0.717, 1.165) is 11.6 Å². The van der Waals surface area contributed by atoms with Crippen molar-refractivity contribution in [3.05, 3.63) is 59.4 Å². The summed E-state index contributed by atoms with van der Waals surface area (Å²) in [7, 11) is 0.